The van der Waals surface area contributed by atoms with Crippen LogP contribution in [0.1, 0.15) is 96.4 Å². The van der Waals surface area contributed by atoms with E-state index in [0.717, 1.165) is 44.9 Å². The first kappa shape index (κ1) is 25.7. The van der Waals surface area contributed by atoms with Crippen LogP contribution >= 0.6 is 0 Å². The summed E-state index contributed by atoms with van der Waals surface area (Å²) in [7, 11) is 0. The second-order valence-electron chi connectivity index (χ2n) is 10.00. The van der Waals surface area contributed by atoms with E-state index in [0.29, 0.717) is 0 Å². The lowest BCUT2D eigenvalue weighted by atomic mass is 9.61. The molecule has 1 aliphatic carbocycles. The van der Waals surface area contributed by atoms with Crippen molar-refractivity contribution in [3.05, 3.63) is 58.7 Å². The van der Waals surface area contributed by atoms with Crippen molar-refractivity contribution in [1.29, 1.82) is 0 Å². The highest BCUT2D eigenvalue weighted by Gasteiger charge is 2.40. The predicted molar refractivity (Wildman–Crippen MR) is 147 cm³/mol. The molecule has 0 amide bonds. The third kappa shape index (κ3) is 5.10. The molecule has 0 radical (unpaired) electrons. The lowest BCUT2D eigenvalue weighted by Gasteiger charge is -2.43. The lowest BCUT2D eigenvalue weighted by molar-refractivity contribution is 0.278. The topological polar surface area (TPSA) is 6.48 Å². The van der Waals surface area contributed by atoms with E-state index < -0.39 is 0 Å². The molecule has 2 nitrogen and oxygen atoms in total. The van der Waals surface area contributed by atoms with Crippen LogP contribution in [0.25, 0.3) is 0 Å². The van der Waals surface area contributed by atoms with E-state index in [-0.39, 0.29) is 5.41 Å². The summed E-state index contributed by atoms with van der Waals surface area (Å²) in [6, 6.07) is 14.8. The highest BCUT2D eigenvalue weighted by molar-refractivity contribution is 5.59. The van der Waals surface area contributed by atoms with Crippen molar-refractivity contribution in [2.45, 2.75) is 92.4 Å². The van der Waals surface area contributed by atoms with Crippen molar-refractivity contribution < 1.29 is 0 Å². The van der Waals surface area contributed by atoms with Gasteiger partial charge in [-0.2, -0.15) is 0 Å². The van der Waals surface area contributed by atoms with Gasteiger partial charge in [-0.25, -0.2) is 0 Å². The zero-order valence-corrected chi connectivity index (χ0v) is 22.5. The van der Waals surface area contributed by atoms with Gasteiger partial charge in [-0.3, -0.25) is 0 Å². The normalized spacial score (nSPS) is 16.1. The zero-order chi connectivity index (χ0) is 24.0. The highest BCUT2D eigenvalue weighted by Crippen LogP contribution is 2.49. The standard InChI is InChI=1S/C31H48N2/c1-8-25-22-27(32(10-3)11-4)14-16-29(25)31(20-18-24(7)19-21-31)30-17-15-28(23-26(30)9-2)33(12-5)13-6/h14-17,22-24H,8-13,18-21H2,1-7H3. The summed E-state index contributed by atoms with van der Waals surface area (Å²) < 4.78 is 0. The third-order valence-corrected chi connectivity index (χ3v) is 8.36. The Kier molecular flexibility index (Phi) is 8.90. The molecule has 0 unspecified atom stereocenters. The van der Waals surface area contributed by atoms with Crippen molar-refractivity contribution in [1.82, 2.24) is 0 Å². The van der Waals surface area contributed by atoms with E-state index in [4.69, 9.17) is 0 Å². The van der Waals surface area contributed by atoms with Crippen LogP contribution in [0.5, 0.6) is 0 Å². The summed E-state index contributed by atoms with van der Waals surface area (Å²) in [4.78, 5) is 4.96. The summed E-state index contributed by atoms with van der Waals surface area (Å²) in [5.74, 6) is 0.832. The van der Waals surface area contributed by atoms with Crippen LogP contribution in [0.2, 0.25) is 0 Å². The van der Waals surface area contributed by atoms with E-state index in [2.05, 4.69) is 94.7 Å². The average molecular weight is 449 g/mol. The van der Waals surface area contributed by atoms with Gasteiger partial charge in [0.2, 0.25) is 0 Å². The Morgan fingerprint density at radius 3 is 1.39 bits per heavy atom. The van der Waals surface area contributed by atoms with Crippen LogP contribution < -0.4 is 9.80 Å². The van der Waals surface area contributed by atoms with Gasteiger partial charge < -0.3 is 9.80 Å². The number of anilines is 2. The molecule has 0 spiro atoms. The summed E-state index contributed by atoms with van der Waals surface area (Å²) in [5.41, 5.74) is 9.19. The van der Waals surface area contributed by atoms with Crippen LogP contribution in [0.15, 0.2) is 36.4 Å². The monoisotopic (exact) mass is 448 g/mol. The van der Waals surface area contributed by atoms with Crippen molar-refractivity contribution in [2.75, 3.05) is 36.0 Å². The fraction of sp³-hybridized carbons (Fsp3) is 0.613. The maximum Gasteiger partial charge on any atom is 0.0368 e. The average Bonchev–Trinajstić information content (AvgIpc) is 2.86. The SMILES string of the molecule is CCc1cc(N(CC)CC)ccc1C1(c2ccc(N(CC)CC)cc2CC)CCC(C)CC1. The smallest absolute Gasteiger partial charge is 0.0368 e. The maximum absolute atomic E-state index is 2.50. The molecule has 0 saturated heterocycles. The molecular weight excluding hydrogens is 400 g/mol. The molecule has 1 saturated carbocycles. The molecule has 3 rings (SSSR count). The third-order valence-electron chi connectivity index (χ3n) is 8.36. The Balaban J connectivity index is 2.17. The molecule has 33 heavy (non-hydrogen) atoms. The second kappa shape index (κ2) is 11.4. The van der Waals surface area contributed by atoms with Crippen LogP contribution in [0.4, 0.5) is 11.4 Å². The molecule has 0 atom stereocenters. The number of benzene rings is 2. The highest BCUT2D eigenvalue weighted by atomic mass is 15.1. The molecule has 0 aliphatic heterocycles. The number of hydrogen-bond acceptors (Lipinski definition) is 2. The van der Waals surface area contributed by atoms with E-state index in [1.54, 1.807) is 22.3 Å². The molecule has 0 bridgehead atoms. The zero-order valence-electron chi connectivity index (χ0n) is 22.5. The number of rotatable bonds is 10. The first-order valence-electron chi connectivity index (χ1n) is 13.7. The van der Waals surface area contributed by atoms with E-state index in [9.17, 15) is 0 Å². The lowest BCUT2D eigenvalue weighted by Crippen LogP contribution is -2.35. The van der Waals surface area contributed by atoms with Gasteiger partial charge in [0.1, 0.15) is 0 Å². The molecule has 0 N–H and O–H groups in total. The number of nitrogens with zero attached hydrogens (tertiary/aromatic N) is 2. The molecule has 0 heterocycles. The van der Waals surface area contributed by atoms with E-state index >= 15 is 0 Å². The molecule has 2 heteroatoms. The molecule has 0 aromatic heterocycles. The molecule has 2 aromatic carbocycles. The summed E-state index contributed by atoms with van der Waals surface area (Å²) in [6.07, 6.45) is 7.37. The minimum absolute atomic E-state index is 0.146. The van der Waals surface area contributed by atoms with E-state index in [1.165, 1.54) is 37.1 Å². The molecular formula is C31H48N2. The van der Waals surface area contributed by atoms with Gasteiger partial charge in [-0.05, 0) is 119 Å². The van der Waals surface area contributed by atoms with Crippen molar-refractivity contribution in [2.24, 2.45) is 5.92 Å². The summed E-state index contributed by atoms with van der Waals surface area (Å²) in [5, 5.41) is 0. The van der Waals surface area contributed by atoms with Gasteiger partial charge in [0.15, 0.2) is 0 Å². The Morgan fingerprint density at radius 2 is 1.06 bits per heavy atom. The van der Waals surface area contributed by atoms with Crippen molar-refractivity contribution in [3.63, 3.8) is 0 Å². The van der Waals surface area contributed by atoms with Gasteiger partial charge in [-0.15, -0.1) is 0 Å². The van der Waals surface area contributed by atoms with Crippen molar-refractivity contribution >= 4 is 11.4 Å². The first-order valence-corrected chi connectivity index (χ1v) is 13.7. The molecule has 2 aromatic rings. The molecule has 1 aliphatic rings. The minimum atomic E-state index is 0.146. The fourth-order valence-corrected chi connectivity index (χ4v) is 6.19. The fourth-order valence-electron chi connectivity index (χ4n) is 6.19. The Morgan fingerprint density at radius 1 is 0.667 bits per heavy atom. The first-order chi connectivity index (χ1) is 16.0. The molecule has 182 valence electrons. The quantitative estimate of drug-likeness (QED) is 0.363. The Hall–Kier alpha value is -1.96. The Labute approximate surface area is 204 Å². The second-order valence-corrected chi connectivity index (χ2v) is 10.00. The van der Waals surface area contributed by atoms with Crippen LogP contribution in [-0.2, 0) is 18.3 Å². The van der Waals surface area contributed by atoms with Gasteiger partial charge in [0, 0.05) is 43.0 Å². The predicted octanol–water partition coefficient (Wildman–Crippen LogP) is 8.00. The molecule has 1 fully saturated rings. The van der Waals surface area contributed by atoms with Crippen LogP contribution in [0, 0.1) is 5.92 Å². The van der Waals surface area contributed by atoms with Gasteiger partial charge in [-0.1, -0.05) is 32.9 Å². The van der Waals surface area contributed by atoms with Crippen LogP contribution in [0.3, 0.4) is 0 Å². The van der Waals surface area contributed by atoms with Gasteiger partial charge in [0.25, 0.3) is 0 Å². The van der Waals surface area contributed by atoms with Gasteiger partial charge in [0.05, 0.1) is 0 Å². The largest absolute Gasteiger partial charge is 0.372 e. The van der Waals surface area contributed by atoms with Crippen LogP contribution in [-0.4, -0.2) is 26.2 Å². The number of hydrogen-bond donors (Lipinski definition) is 0. The van der Waals surface area contributed by atoms with E-state index in [1.807, 2.05) is 0 Å². The number of aryl methyl sites for hydroxylation is 2. The Bertz CT molecular complexity index is 818. The summed E-state index contributed by atoms with van der Waals surface area (Å²) >= 11 is 0. The maximum atomic E-state index is 2.50. The van der Waals surface area contributed by atoms with Crippen molar-refractivity contribution in [3.8, 4) is 0 Å². The van der Waals surface area contributed by atoms with Gasteiger partial charge >= 0.3 is 0 Å². The minimum Gasteiger partial charge on any atom is -0.372 e. The summed E-state index contributed by atoms with van der Waals surface area (Å²) in [6.45, 7) is 20.4.